The van der Waals surface area contributed by atoms with Crippen LogP contribution in [0, 0.1) is 5.41 Å². The van der Waals surface area contributed by atoms with Crippen LogP contribution in [0.25, 0.3) is 0 Å². The largest absolute Gasteiger partial charge is 0.307 e. The van der Waals surface area contributed by atoms with Crippen molar-refractivity contribution in [3.63, 3.8) is 0 Å². The second-order valence-electron chi connectivity index (χ2n) is 6.90. The van der Waals surface area contributed by atoms with Crippen LogP contribution in [-0.2, 0) is 0 Å². The Hall–Kier alpha value is -1.72. The Labute approximate surface area is 152 Å². The zero-order valence-electron chi connectivity index (χ0n) is 15.6. The summed E-state index contributed by atoms with van der Waals surface area (Å²) in [5.74, 6) is 0.672. The Morgan fingerprint density at radius 3 is 2.56 bits per heavy atom. The van der Waals surface area contributed by atoms with Crippen molar-refractivity contribution < 1.29 is 0 Å². The van der Waals surface area contributed by atoms with Crippen LogP contribution >= 0.6 is 0 Å². The van der Waals surface area contributed by atoms with E-state index in [9.17, 15) is 0 Å². The van der Waals surface area contributed by atoms with Crippen molar-refractivity contribution in [3.8, 4) is 0 Å². The summed E-state index contributed by atoms with van der Waals surface area (Å²) in [6.45, 7) is 13.0. The van der Waals surface area contributed by atoms with Crippen LogP contribution in [0.15, 0.2) is 43.8 Å². The first-order valence-corrected chi connectivity index (χ1v) is 9.49. The molecule has 2 rings (SSSR count). The Bertz CT molecular complexity index is 508. The van der Waals surface area contributed by atoms with Crippen molar-refractivity contribution in [2.45, 2.75) is 51.5 Å². The third-order valence-electron chi connectivity index (χ3n) is 5.24. The van der Waals surface area contributed by atoms with Gasteiger partial charge in [-0.25, -0.2) is 15.0 Å². The summed E-state index contributed by atoms with van der Waals surface area (Å²) in [6.07, 6.45) is 14.9. The molecule has 1 aliphatic rings. The van der Waals surface area contributed by atoms with Gasteiger partial charge in [-0.15, -0.1) is 13.2 Å². The van der Waals surface area contributed by atoms with Gasteiger partial charge in [-0.3, -0.25) is 5.43 Å². The monoisotopic (exact) mass is 343 g/mol. The molecule has 0 saturated carbocycles. The van der Waals surface area contributed by atoms with Crippen LogP contribution < -0.4 is 10.7 Å². The van der Waals surface area contributed by atoms with Gasteiger partial charge in [-0.1, -0.05) is 38.3 Å². The summed E-state index contributed by atoms with van der Waals surface area (Å²) in [7, 11) is 0. The van der Waals surface area contributed by atoms with Crippen molar-refractivity contribution in [1.29, 1.82) is 0 Å². The van der Waals surface area contributed by atoms with Crippen LogP contribution in [0.4, 0.5) is 5.95 Å². The molecule has 1 unspecified atom stereocenters. The number of anilines is 1. The van der Waals surface area contributed by atoms with Gasteiger partial charge in [0.2, 0.25) is 5.95 Å². The number of nitrogens with one attached hydrogen (secondary N) is 2. The number of hydrazine groups is 1. The minimum atomic E-state index is 0.273. The fourth-order valence-corrected chi connectivity index (χ4v) is 3.77. The lowest BCUT2D eigenvalue weighted by Gasteiger charge is -2.46. The molecule has 0 radical (unpaired) electrons. The van der Waals surface area contributed by atoms with Gasteiger partial charge in [-0.2, -0.15) is 0 Å². The highest BCUT2D eigenvalue weighted by atomic mass is 15.5. The van der Waals surface area contributed by atoms with E-state index in [1.165, 1.54) is 25.7 Å². The van der Waals surface area contributed by atoms with Crippen molar-refractivity contribution >= 4 is 5.95 Å². The lowest BCUT2D eigenvalue weighted by molar-refractivity contribution is 0.0832. The van der Waals surface area contributed by atoms with Gasteiger partial charge in [0.25, 0.3) is 0 Å². The minimum Gasteiger partial charge on any atom is -0.307 e. The molecule has 5 nitrogen and oxygen atoms in total. The molecular formula is C20H33N5. The van der Waals surface area contributed by atoms with Crippen molar-refractivity contribution in [2.24, 2.45) is 5.41 Å². The zero-order valence-corrected chi connectivity index (χ0v) is 15.6. The SMILES string of the molecule is C=CCNC(C=C)C1(CCCCC)CCN(Nc2ncccn2)CC1. The normalized spacial score (nSPS) is 18.4. The summed E-state index contributed by atoms with van der Waals surface area (Å²) in [5.41, 5.74) is 3.61. The van der Waals surface area contributed by atoms with Crippen molar-refractivity contribution in [1.82, 2.24) is 20.3 Å². The van der Waals surface area contributed by atoms with E-state index >= 15 is 0 Å². The van der Waals surface area contributed by atoms with E-state index < -0.39 is 0 Å². The van der Waals surface area contributed by atoms with E-state index in [1.54, 1.807) is 12.4 Å². The molecule has 5 heteroatoms. The Morgan fingerprint density at radius 2 is 1.96 bits per heavy atom. The molecule has 0 aromatic carbocycles. The molecule has 0 bridgehead atoms. The lowest BCUT2D eigenvalue weighted by atomic mass is 9.69. The topological polar surface area (TPSA) is 53.1 Å². The zero-order chi connectivity index (χ0) is 18.0. The Kier molecular flexibility index (Phi) is 8.09. The van der Waals surface area contributed by atoms with Crippen molar-refractivity contribution in [2.75, 3.05) is 25.1 Å². The molecule has 2 heterocycles. The van der Waals surface area contributed by atoms with E-state index in [0.717, 1.165) is 32.5 Å². The van der Waals surface area contributed by atoms with Gasteiger partial charge >= 0.3 is 0 Å². The van der Waals surface area contributed by atoms with Crippen LogP contribution in [0.1, 0.15) is 45.4 Å². The van der Waals surface area contributed by atoms with Gasteiger partial charge in [0.05, 0.1) is 0 Å². The molecule has 0 amide bonds. The molecule has 1 aliphatic heterocycles. The molecule has 1 atom stereocenters. The average molecular weight is 344 g/mol. The minimum absolute atomic E-state index is 0.273. The predicted octanol–water partition coefficient (Wildman–Crippen LogP) is 3.80. The van der Waals surface area contributed by atoms with Crippen LogP contribution in [0.3, 0.4) is 0 Å². The maximum absolute atomic E-state index is 4.26. The van der Waals surface area contributed by atoms with Gasteiger partial charge in [-0.05, 0) is 30.7 Å². The molecule has 0 aliphatic carbocycles. The number of aromatic nitrogens is 2. The summed E-state index contributed by atoms with van der Waals surface area (Å²) in [6, 6.07) is 2.16. The Morgan fingerprint density at radius 1 is 1.24 bits per heavy atom. The van der Waals surface area contributed by atoms with E-state index in [4.69, 9.17) is 0 Å². The quantitative estimate of drug-likeness (QED) is 0.473. The van der Waals surface area contributed by atoms with Crippen LogP contribution in [0.2, 0.25) is 0 Å². The highest BCUT2D eigenvalue weighted by Gasteiger charge is 2.39. The van der Waals surface area contributed by atoms with E-state index in [-0.39, 0.29) is 5.41 Å². The molecular weight excluding hydrogens is 310 g/mol. The third kappa shape index (κ3) is 5.65. The first-order chi connectivity index (χ1) is 12.2. The summed E-state index contributed by atoms with van der Waals surface area (Å²) in [4.78, 5) is 8.52. The second-order valence-corrected chi connectivity index (χ2v) is 6.90. The molecule has 25 heavy (non-hydrogen) atoms. The van der Waals surface area contributed by atoms with Crippen molar-refractivity contribution in [3.05, 3.63) is 43.8 Å². The number of hydrogen-bond acceptors (Lipinski definition) is 5. The van der Waals surface area contributed by atoms with E-state index in [2.05, 4.69) is 51.9 Å². The number of piperidine rings is 1. The highest BCUT2D eigenvalue weighted by Crippen LogP contribution is 2.40. The highest BCUT2D eigenvalue weighted by molar-refractivity contribution is 5.20. The molecule has 138 valence electrons. The molecule has 1 aromatic heterocycles. The molecule has 2 N–H and O–H groups in total. The average Bonchev–Trinajstić information content (AvgIpc) is 2.65. The fourth-order valence-electron chi connectivity index (χ4n) is 3.77. The summed E-state index contributed by atoms with van der Waals surface area (Å²) < 4.78 is 0. The van der Waals surface area contributed by atoms with Gasteiger partial charge < -0.3 is 5.32 Å². The standard InChI is InChI=1S/C20H33N5/c1-4-7-8-10-20(18(6-3)21-13-5-2)11-16-25(17-12-20)24-19-22-14-9-15-23-19/h5-6,9,14-15,18,21H,2-4,7-8,10-13,16-17H2,1H3,(H,22,23,24). The maximum Gasteiger partial charge on any atom is 0.237 e. The van der Waals surface area contributed by atoms with Gasteiger partial charge in [0.1, 0.15) is 0 Å². The molecule has 1 saturated heterocycles. The summed E-state index contributed by atoms with van der Waals surface area (Å²) in [5, 5.41) is 5.86. The first kappa shape index (κ1) is 19.6. The molecule has 1 fully saturated rings. The number of rotatable bonds is 11. The number of hydrogen-bond donors (Lipinski definition) is 2. The number of unbranched alkanes of at least 4 members (excludes halogenated alkanes) is 2. The third-order valence-corrected chi connectivity index (χ3v) is 5.24. The number of nitrogens with zero attached hydrogens (tertiary/aromatic N) is 3. The fraction of sp³-hybridized carbons (Fsp3) is 0.600. The summed E-state index contributed by atoms with van der Waals surface area (Å²) >= 11 is 0. The van der Waals surface area contributed by atoms with Crippen LogP contribution in [-0.4, -0.2) is 40.7 Å². The van der Waals surface area contributed by atoms with Crippen LogP contribution in [0.5, 0.6) is 0 Å². The maximum atomic E-state index is 4.26. The van der Waals surface area contributed by atoms with Gasteiger partial charge in [0.15, 0.2) is 0 Å². The first-order valence-electron chi connectivity index (χ1n) is 9.49. The molecule has 1 aromatic rings. The predicted molar refractivity (Wildman–Crippen MR) is 105 cm³/mol. The van der Waals surface area contributed by atoms with Gasteiger partial charge in [0, 0.05) is 38.1 Å². The second kappa shape index (κ2) is 10.3. The lowest BCUT2D eigenvalue weighted by Crippen LogP contribution is -2.52. The molecule has 0 spiro atoms. The smallest absolute Gasteiger partial charge is 0.237 e. The van der Waals surface area contributed by atoms with E-state index in [1.807, 2.05) is 12.1 Å². The van der Waals surface area contributed by atoms with E-state index in [0.29, 0.717) is 12.0 Å². The Balaban J connectivity index is 1.99.